The Balaban J connectivity index is 2.10. The second-order valence-electron chi connectivity index (χ2n) is 7.68. The summed E-state index contributed by atoms with van der Waals surface area (Å²) in [7, 11) is 0. The molecule has 0 bridgehead atoms. The number of aryl methyl sites for hydroxylation is 1. The second-order valence-corrected chi connectivity index (χ2v) is 7.68. The van der Waals surface area contributed by atoms with E-state index in [4.69, 9.17) is 0 Å². The van der Waals surface area contributed by atoms with Gasteiger partial charge in [0.05, 0.1) is 0 Å². The van der Waals surface area contributed by atoms with Crippen molar-refractivity contribution in [3.05, 3.63) is 59.7 Å². The van der Waals surface area contributed by atoms with Crippen LogP contribution in [0.25, 0.3) is 0 Å². The van der Waals surface area contributed by atoms with E-state index in [0.29, 0.717) is 12.0 Å². The lowest BCUT2D eigenvalue weighted by Gasteiger charge is -2.22. The van der Waals surface area contributed by atoms with E-state index in [-0.39, 0.29) is 17.7 Å². The number of benzene rings is 2. The molecule has 0 radical (unpaired) electrons. The van der Waals surface area contributed by atoms with Crippen LogP contribution in [0.4, 0.5) is 11.4 Å². The van der Waals surface area contributed by atoms with Gasteiger partial charge in [0.15, 0.2) is 0 Å². The average Bonchev–Trinajstić information content (AvgIpc) is 2.69. The Morgan fingerprint density at radius 3 is 2.14 bits per heavy atom. The summed E-state index contributed by atoms with van der Waals surface area (Å²) in [6.45, 7) is 12.1. The van der Waals surface area contributed by atoms with Gasteiger partial charge in [0.25, 0.3) is 5.91 Å². The molecule has 0 unspecified atom stereocenters. The van der Waals surface area contributed by atoms with Crippen LogP contribution in [0.2, 0.25) is 0 Å². The summed E-state index contributed by atoms with van der Waals surface area (Å²) >= 11 is 0. The number of carbonyl (C=O) groups excluding carboxylic acids is 2. The van der Waals surface area contributed by atoms with E-state index in [1.165, 1.54) is 0 Å². The SMILES string of the molecule is CCN(CC)c1ccc(NC(=O)[C@H](CC(C)C)NC(=O)c2ccccc2C)cc1. The first-order valence-corrected chi connectivity index (χ1v) is 10.4. The van der Waals surface area contributed by atoms with Crippen LogP contribution in [-0.4, -0.2) is 30.9 Å². The van der Waals surface area contributed by atoms with Crippen molar-refractivity contribution >= 4 is 23.2 Å². The predicted molar refractivity (Wildman–Crippen MR) is 121 cm³/mol. The molecule has 0 spiro atoms. The smallest absolute Gasteiger partial charge is 0.252 e. The highest BCUT2D eigenvalue weighted by atomic mass is 16.2. The first-order valence-electron chi connectivity index (χ1n) is 10.4. The van der Waals surface area contributed by atoms with Crippen molar-refractivity contribution in [1.82, 2.24) is 5.32 Å². The molecule has 2 amide bonds. The van der Waals surface area contributed by atoms with Crippen LogP contribution in [0.5, 0.6) is 0 Å². The van der Waals surface area contributed by atoms with Gasteiger partial charge >= 0.3 is 0 Å². The fourth-order valence-electron chi connectivity index (χ4n) is 3.34. The molecule has 156 valence electrons. The van der Waals surface area contributed by atoms with Crippen LogP contribution >= 0.6 is 0 Å². The summed E-state index contributed by atoms with van der Waals surface area (Å²) in [5, 5.41) is 5.86. The highest BCUT2D eigenvalue weighted by Crippen LogP contribution is 2.18. The Labute approximate surface area is 174 Å². The summed E-state index contributed by atoms with van der Waals surface area (Å²) in [6.07, 6.45) is 0.570. The Hall–Kier alpha value is -2.82. The fraction of sp³-hybridized carbons (Fsp3) is 0.417. The predicted octanol–water partition coefficient (Wildman–Crippen LogP) is 4.62. The Kier molecular flexibility index (Phi) is 8.25. The molecule has 0 saturated heterocycles. The third-order valence-corrected chi connectivity index (χ3v) is 4.98. The van der Waals surface area contributed by atoms with Gasteiger partial charge in [-0.1, -0.05) is 32.0 Å². The molecule has 2 aromatic rings. The van der Waals surface area contributed by atoms with Crippen molar-refractivity contribution in [2.45, 2.75) is 47.1 Å². The summed E-state index contributed by atoms with van der Waals surface area (Å²) in [5.41, 5.74) is 3.34. The van der Waals surface area contributed by atoms with Gasteiger partial charge in [-0.05, 0) is 69.0 Å². The molecule has 0 aliphatic carbocycles. The van der Waals surface area contributed by atoms with Crippen LogP contribution in [0.1, 0.15) is 50.0 Å². The zero-order valence-corrected chi connectivity index (χ0v) is 18.2. The molecular weight excluding hydrogens is 362 g/mol. The third kappa shape index (κ3) is 6.34. The maximum Gasteiger partial charge on any atom is 0.252 e. The largest absolute Gasteiger partial charge is 0.372 e. The van der Waals surface area contributed by atoms with E-state index in [9.17, 15) is 9.59 Å². The van der Waals surface area contributed by atoms with Gasteiger partial charge in [0.1, 0.15) is 6.04 Å². The maximum absolute atomic E-state index is 12.9. The molecule has 0 aliphatic rings. The summed E-state index contributed by atoms with van der Waals surface area (Å²) in [5.74, 6) is -0.148. The Bertz CT molecular complexity index is 811. The minimum absolute atomic E-state index is 0.198. The molecule has 5 heteroatoms. The van der Waals surface area contributed by atoms with Crippen molar-refractivity contribution in [2.24, 2.45) is 5.92 Å². The van der Waals surface area contributed by atoms with E-state index in [0.717, 1.165) is 30.0 Å². The highest BCUT2D eigenvalue weighted by molar-refractivity contribution is 6.01. The second kappa shape index (κ2) is 10.6. The molecule has 2 N–H and O–H groups in total. The molecule has 1 atom stereocenters. The Morgan fingerprint density at radius 2 is 1.59 bits per heavy atom. The number of nitrogens with one attached hydrogen (secondary N) is 2. The zero-order chi connectivity index (χ0) is 21.4. The maximum atomic E-state index is 12.9. The molecule has 0 aliphatic heterocycles. The van der Waals surface area contributed by atoms with Gasteiger partial charge in [-0.3, -0.25) is 9.59 Å². The number of rotatable bonds is 9. The van der Waals surface area contributed by atoms with Gasteiger partial charge in [-0.15, -0.1) is 0 Å². The average molecular weight is 396 g/mol. The van der Waals surface area contributed by atoms with E-state index < -0.39 is 6.04 Å². The van der Waals surface area contributed by atoms with Crippen molar-refractivity contribution < 1.29 is 9.59 Å². The lowest BCUT2D eigenvalue weighted by atomic mass is 10.0. The molecule has 2 rings (SSSR count). The summed E-state index contributed by atoms with van der Waals surface area (Å²) in [6, 6.07) is 14.6. The van der Waals surface area contributed by atoms with E-state index in [1.807, 2.05) is 63.2 Å². The van der Waals surface area contributed by atoms with Crippen LogP contribution in [0.3, 0.4) is 0 Å². The number of hydrogen-bond acceptors (Lipinski definition) is 3. The lowest BCUT2D eigenvalue weighted by molar-refractivity contribution is -0.118. The van der Waals surface area contributed by atoms with E-state index in [1.54, 1.807) is 6.07 Å². The molecule has 0 heterocycles. The summed E-state index contributed by atoms with van der Waals surface area (Å²) < 4.78 is 0. The molecule has 0 aromatic heterocycles. The van der Waals surface area contributed by atoms with Crippen molar-refractivity contribution in [3.63, 3.8) is 0 Å². The van der Waals surface area contributed by atoms with Gasteiger partial charge in [-0.25, -0.2) is 0 Å². The van der Waals surface area contributed by atoms with Gasteiger partial charge < -0.3 is 15.5 Å². The first-order chi connectivity index (χ1) is 13.8. The Morgan fingerprint density at radius 1 is 0.966 bits per heavy atom. The van der Waals surface area contributed by atoms with Gasteiger partial charge in [0, 0.05) is 30.0 Å². The number of carbonyl (C=O) groups is 2. The first kappa shape index (κ1) is 22.5. The standard InChI is InChI=1S/C24H33N3O2/c1-6-27(7-2)20-14-12-19(13-15-20)25-24(29)22(16-17(3)4)26-23(28)21-11-9-8-10-18(21)5/h8-15,17,22H,6-7,16H2,1-5H3,(H,25,29)(H,26,28)/t22-/m0/s1. The lowest BCUT2D eigenvalue weighted by Crippen LogP contribution is -2.44. The molecule has 2 aromatic carbocycles. The van der Waals surface area contributed by atoms with Crippen LogP contribution < -0.4 is 15.5 Å². The summed E-state index contributed by atoms with van der Waals surface area (Å²) in [4.78, 5) is 27.8. The van der Waals surface area contributed by atoms with Gasteiger partial charge in [0.2, 0.25) is 5.91 Å². The third-order valence-electron chi connectivity index (χ3n) is 4.98. The molecule has 5 nitrogen and oxygen atoms in total. The minimum Gasteiger partial charge on any atom is -0.372 e. The number of amides is 2. The normalized spacial score (nSPS) is 11.8. The van der Waals surface area contributed by atoms with Crippen molar-refractivity contribution in [2.75, 3.05) is 23.3 Å². The number of anilines is 2. The van der Waals surface area contributed by atoms with E-state index in [2.05, 4.69) is 29.4 Å². The molecule has 29 heavy (non-hydrogen) atoms. The fourth-order valence-corrected chi connectivity index (χ4v) is 3.34. The van der Waals surface area contributed by atoms with Crippen LogP contribution in [-0.2, 0) is 4.79 Å². The van der Waals surface area contributed by atoms with Crippen molar-refractivity contribution in [1.29, 1.82) is 0 Å². The van der Waals surface area contributed by atoms with E-state index >= 15 is 0 Å². The molecule has 0 saturated carbocycles. The quantitative estimate of drug-likeness (QED) is 0.651. The van der Waals surface area contributed by atoms with Crippen molar-refractivity contribution in [3.8, 4) is 0 Å². The molecule has 0 fully saturated rings. The van der Waals surface area contributed by atoms with Gasteiger partial charge in [-0.2, -0.15) is 0 Å². The number of hydrogen-bond donors (Lipinski definition) is 2. The van der Waals surface area contributed by atoms with Crippen LogP contribution in [0.15, 0.2) is 48.5 Å². The topological polar surface area (TPSA) is 61.4 Å². The minimum atomic E-state index is -0.593. The molecular formula is C24H33N3O2. The zero-order valence-electron chi connectivity index (χ0n) is 18.2. The number of nitrogens with zero attached hydrogens (tertiary/aromatic N) is 1. The highest BCUT2D eigenvalue weighted by Gasteiger charge is 2.23. The van der Waals surface area contributed by atoms with Crippen LogP contribution in [0, 0.1) is 12.8 Å². The monoisotopic (exact) mass is 395 g/mol.